The first-order valence-corrected chi connectivity index (χ1v) is 11.3. The van der Waals surface area contributed by atoms with Gasteiger partial charge >= 0.3 is 0 Å². The van der Waals surface area contributed by atoms with Crippen molar-refractivity contribution in [3.8, 4) is 28.4 Å². The Hall–Kier alpha value is -1.69. The van der Waals surface area contributed by atoms with Gasteiger partial charge in [-0.15, -0.1) is 5.54 Å². The van der Waals surface area contributed by atoms with E-state index >= 15 is 0 Å². The van der Waals surface area contributed by atoms with Crippen LogP contribution in [-0.4, -0.2) is 29.4 Å². The maximum absolute atomic E-state index is 11.7. The Balaban J connectivity index is 2.80. The quantitative estimate of drug-likeness (QED) is 0.622. The van der Waals surface area contributed by atoms with Gasteiger partial charge in [0, 0.05) is 10.8 Å². The predicted molar refractivity (Wildman–Crippen MR) is 84.8 cm³/mol. The standard InChI is InChI=1S/C15H18O3SSi/c1-18-15-8-6-14(7-9-15)10-12-19(16,17)11-5-13-20(2,3)4/h6-9H,11H2,1-4H3. The molecule has 1 rings (SSSR count). The van der Waals surface area contributed by atoms with E-state index in [0.29, 0.717) is 11.3 Å². The van der Waals surface area contributed by atoms with E-state index in [4.69, 9.17) is 4.74 Å². The summed E-state index contributed by atoms with van der Waals surface area (Å²) in [5, 5.41) is 2.29. The van der Waals surface area contributed by atoms with Crippen LogP contribution in [0.3, 0.4) is 0 Å². The average Bonchev–Trinajstić information content (AvgIpc) is 2.35. The van der Waals surface area contributed by atoms with Gasteiger partial charge in [0.05, 0.1) is 7.11 Å². The highest BCUT2D eigenvalue weighted by atomic mass is 32.2. The Morgan fingerprint density at radius 3 is 2.25 bits per heavy atom. The highest BCUT2D eigenvalue weighted by Crippen LogP contribution is 2.10. The molecular weight excluding hydrogens is 288 g/mol. The fourth-order valence-electron chi connectivity index (χ4n) is 1.24. The third-order valence-electron chi connectivity index (χ3n) is 2.17. The van der Waals surface area contributed by atoms with Crippen molar-refractivity contribution in [3.63, 3.8) is 0 Å². The summed E-state index contributed by atoms with van der Waals surface area (Å²) in [5.74, 6) is 5.86. The van der Waals surface area contributed by atoms with Crippen LogP contribution in [0.15, 0.2) is 24.3 Å². The second-order valence-corrected chi connectivity index (χ2v) is 11.7. The second-order valence-electron chi connectivity index (χ2n) is 5.27. The largest absolute Gasteiger partial charge is 0.497 e. The molecule has 106 valence electrons. The van der Waals surface area contributed by atoms with Crippen molar-refractivity contribution in [2.24, 2.45) is 0 Å². The van der Waals surface area contributed by atoms with E-state index in [2.05, 4.69) is 42.3 Å². The molecule has 0 spiro atoms. The Labute approximate surface area is 122 Å². The SMILES string of the molecule is COc1ccc(C#CS(=O)(=O)CC#C[Si](C)(C)C)cc1. The van der Waals surface area contributed by atoms with E-state index in [0.717, 1.165) is 0 Å². The van der Waals surface area contributed by atoms with E-state index in [9.17, 15) is 8.42 Å². The zero-order valence-corrected chi connectivity index (χ0v) is 14.0. The van der Waals surface area contributed by atoms with Gasteiger partial charge in [-0.2, -0.15) is 0 Å². The lowest BCUT2D eigenvalue weighted by molar-refractivity contribution is 0.415. The molecule has 0 aromatic heterocycles. The second kappa shape index (κ2) is 6.65. The molecule has 0 atom stereocenters. The maximum Gasteiger partial charge on any atom is 0.228 e. The number of ether oxygens (including phenoxy) is 1. The summed E-state index contributed by atoms with van der Waals surface area (Å²) in [7, 11) is -3.43. The fourth-order valence-corrected chi connectivity index (χ4v) is 2.60. The highest BCUT2D eigenvalue weighted by Gasteiger charge is 2.09. The lowest BCUT2D eigenvalue weighted by Crippen LogP contribution is -2.17. The fraction of sp³-hybridized carbons (Fsp3) is 0.333. The number of benzene rings is 1. The molecule has 0 radical (unpaired) electrons. The van der Waals surface area contributed by atoms with Gasteiger partial charge in [0.15, 0.2) is 0 Å². The van der Waals surface area contributed by atoms with Gasteiger partial charge in [0.25, 0.3) is 0 Å². The molecule has 3 nitrogen and oxygen atoms in total. The average molecular weight is 306 g/mol. The van der Waals surface area contributed by atoms with Crippen LogP contribution in [0.2, 0.25) is 19.6 Å². The lowest BCUT2D eigenvalue weighted by atomic mass is 10.2. The summed E-state index contributed by atoms with van der Waals surface area (Å²) in [6, 6.07) is 6.91. The smallest absolute Gasteiger partial charge is 0.228 e. The van der Waals surface area contributed by atoms with Gasteiger partial charge in [-0.3, -0.25) is 0 Å². The molecule has 0 bridgehead atoms. The summed E-state index contributed by atoms with van der Waals surface area (Å²) in [6.45, 7) is 6.20. The molecule has 1 aromatic carbocycles. The van der Waals surface area contributed by atoms with Gasteiger partial charge in [0.1, 0.15) is 19.6 Å². The van der Waals surface area contributed by atoms with Gasteiger partial charge in [-0.25, -0.2) is 8.42 Å². The summed E-state index contributed by atoms with van der Waals surface area (Å²) in [6.07, 6.45) is 0. The van der Waals surface area contributed by atoms with Crippen LogP contribution >= 0.6 is 0 Å². The number of rotatable bonds is 2. The van der Waals surface area contributed by atoms with Crippen molar-refractivity contribution in [2.75, 3.05) is 12.9 Å². The van der Waals surface area contributed by atoms with Crippen molar-refractivity contribution in [2.45, 2.75) is 19.6 Å². The third kappa shape index (κ3) is 6.47. The van der Waals surface area contributed by atoms with Crippen LogP contribution in [0.4, 0.5) is 0 Å². The van der Waals surface area contributed by atoms with E-state index in [-0.39, 0.29) is 5.75 Å². The maximum atomic E-state index is 11.7. The molecule has 0 saturated carbocycles. The van der Waals surface area contributed by atoms with Crippen molar-refractivity contribution in [1.29, 1.82) is 0 Å². The van der Waals surface area contributed by atoms with Crippen LogP contribution < -0.4 is 4.74 Å². The van der Waals surface area contributed by atoms with Crippen LogP contribution in [0.1, 0.15) is 5.56 Å². The third-order valence-corrected chi connectivity index (χ3v) is 4.03. The number of methoxy groups -OCH3 is 1. The van der Waals surface area contributed by atoms with E-state index in [1.807, 2.05) is 0 Å². The monoisotopic (exact) mass is 306 g/mol. The minimum atomic E-state index is -3.46. The topological polar surface area (TPSA) is 43.4 Å². The molecule has 0 unspecified atom stereocenters. The minimum Gasteiger partial charge on any atom is -0.497 e. The summed E-state index contributed by atoms with van der Waals surface area (Å²) in [5.41, 5.74) is 3.65. The molecule has 0 amide bonds. The molecule has 20 heavy (non-hydrogen) atoms. The Morgan fingerprint density at radius 1 is 1.15 bits per heavy atom. The zero-order chi connectivity index (χ0) is 15.2. The summed E-state index contributed by atoms with van der Waals surface area (Å²) >= 11 is 0. The van der Waals surface area contributed by atoms with Crippen molar-refractivity contribution in [1.82, 2.24) is 0 Å². The van der Waals surface area contributed by atoms with Crippen LogP contribution in [0.25, 0.3) is 0 Å². The Kier molecular flexibility index (Phi) is 5.44. The minimum absolute atomic E-state index is 0.208. The molecule has 0 aliphatic rings. The van der Waals surface area contributed by atoms with Crippen molar-refractivity contribution < 1.29 is 13.2 Å². The Bertz CT molecular complexity index is 675. The molecule has 5 heteroatoms. The van der Waals surface area contributed by atoms with Gasteiger partial charge < -0.3 is 4.74 Å². The van der Waals surface area contributed by atoms with Crippen molar-refractivity contribution >= 4 is 17.9 Å². The number of hydrogen-bond acceptors (Lipinski definition) is 3. The highest BCUT2D eigenvalue weighted by molar-refractivity contribution is 7.96. The van der Waals surface area contributed by atoms with E-state index in [1.54, 1.807) is 31.4 Å². The molecule has 0 fully saturated rings. The summed E-state index contributed by atoms with van der Waals surface area (Å²) in [4.78, 5) is 0. The molecule has 0 N–H and O–H groups in total. The zero-order valence-electron chi connectivity index (χ0n) is 12.1. The Morgan fingerprint density at radius 2 is 1.75 bits per heavy atom. The predicted octanol–water partition coefficient (Wildman–Crippen LogP) is 2.30. The molecule has 0 aliphatic heterocycles. The molecule has 0 heterocycles. The first kappa shape index (κ1) is 16.4. The van der Waals surface area contributed by atoms with Crippen LogP contribution in [0.5, 0.6) is 5.75 Å². The van der Waals surface area contributed by atoms with Crippen molar-refractivity contribution in [3.05, 3.63) is 29.8 Å². The van der Waals surface area contributed by atoms with Crippen LogP contribution in [-0.2, 0) is 9.84 Å². The normalized spacial score (nSPS) is 10.8. The van der Waals surface area contributed by atoms with Gasteiger partial charge in [-0.1, -0.05) is 25.6 Å². The number of sulfone groups is 1. The van der Waals surface area contributed by atoms with E-state index < -0.39 is 17.9 Å². The first-order chi connectivity index (χ1) is 9.22. The molecule has 0 aliphatic carbocycles. The lowest BCUT2D eigenvalue weighted by Gasteiger charge is -2.02. The number of hydrogen-bond donors (Lipinski definition) is 0. The van der Waals surface area contributed by atoms with E-state index in [1.165, 1.54) is 0 Å². The molecule has 1 aromatic rings. The van der Waals surface area contributed by atoms with Gasteiger partial charge in [-0.05, 0) is 30.2 Å². The van der Waals surface area contributed by atoms with Gasteiger partial charge in [0.2, 0.25) is 9.84 Å². The van der Waals surface area contributed by atoms with Crippen LogP contribution in [0, 0.1) is 22.6 Å². The molecular formula is C15H18O3SSi. The first-order valence-electron chi connectivity index (χ1n) is 6.11. The molecule has 0 saturated heterocycles. The summed E-state index contributed by atoms with van der Waals surface area (Å²) < 4.78 is 28.5.